The SMILES string of the molecule is [Br-].[O-][NH+]1CCC(C(F)(F)F)N1. The molecule has 1 fully saturated rings. The summed E-state index contributed by atoms with van der Waals surface area (Å²) in [5, 5.41) is 9.78. The van der Waals surface area contributed by atoms with Crippen LogP contribution in [-0.2, 0) is 0 Å². The van der Waals surface area contributed by atoms with Crippen molar-refractivity contribution in [2.45, 2.75) is 18.6 Å². The zero-order valence-corrected chi connectivity index (χ0v) is 7.00. The van der Waals surface area contributed by atoms with Gasteiger partial charge in [0, 0.05) is 6.42 Å². The van der Waals surface area contributed by atoms with Gasteiger partial charge in [-0.3, -0.25) is 5.17 Å². The Hall–Kier alpha value is 0.150. The molecule has 0 radical (unpaired) electrons. The van der Waals surface area contributed by atoms with Crippen LogP contribution in [0.3, 0.4) is 0 Å². The maximum Gasteiger partial charge on any atom is 0.409 e. The van der Waals surface area contributed by atoms with Gasteiger partial charge in [0.05, 0.1) is 6.54 Å². The van der Waals surface area contributed by atoms with Crippen molar-refractivity contribution in [2.75, 3.05) is 6.54 Å². The molecule has 7 heteroatoms. The molecule has 0 aliphatic carbocycles. The Balaban J connectivity index is 0.000001000. The number of rotatable bonds is 0. The summed E-state index contributed by atoms with van der Waals surface area (Å²) in [7, 11) is 0. The van der Waals surface area contributed by atoms with Crippen LogP contribution in [0.25, 0.3) is 0 Å². The van der Waals surface area contributed by atoms with Crippen LogP contribution in [0.15, 0.2) is 0 Å². The summed E-state index contributed by atoms with van der Waals surface area (Å²) in [5.41, 5.74) is 1.83. The van der Waals surface area contributed by atoms with Crippen LogP contribution in [0.4, 0.5) is 13.2 Å². The zero-order valence-electron chi connectivity index (χ0n) is 5.41. The minimum absolute atomic E-state index is 0. The van der Waals surface area contributed by atoms with Crippen molar-refractivity contribution in [1.82, 2.24) is 5.43 Å². The van der Waals surface area contributed by atoms with Gasteiger partial charge in [-0.2, -0.15) is 18.6 Å². The highest BCUT2D eigenvalue weighted by Crippen LogP contribution is 2.22. The first-order valence-electron chi connectivity index (χ1n) is 2.86. The minimum Gasteiger partial charge on any atom is -1.00 e. The summed E-state index contributed by atoms with van der Waals surface area (Å²) < 4.78 is 35.2. The maximum atomic E-state index is 11.7. The van der Waals surface area contributed by atoms with Crippen molar-refractivity contribution in [2.24, 2.45) is 0 Å². The van der Waals surface area contributed by atoms with Crippen molar-refractivity contribution in [1.29, 1.82) is 0 Å². The molecule has 2 unspecified atom stereocenters. The van der Waals surface area contributed by atoms with Crippen LogP contribution in [0.1, 0.15) is 6.42 Å². The van der Waals surface area contributed by atoms with Crippen LogP contribution in [-0.4, -0.2) is 18.8 Å². The molecular weight excluding hydrogens is 229 g/mol. The first-order chi connectivity index (χ1) is 4.50. The second kappa shape index (κ2) is 3.70. The van der Waals surface area contributed by atoms with Crippen molar-refractivity contribution in [3.05, 3.63) is 5.21 Å². The first kappa shape index (κ1) is 11.2. The lowest BCUT2D eigenvalue weighted by Gasteiger charge is -2.17. The Kier molecular flexibility index (Phi) is 3.75. The average molecular weight is 236 g/mol. The molecule has 1 rings (SSSR count). The Morgan fingerprint density at radius 2 is 2.00 bits per heavy atom. The second-order valence-electron chi connectivity index (χ2n) is 2.20. The number of hydroxylamine groups is 1. The molecule has 1 aliphatic heterocycles. The fourth-order valence-electron chi connectivity index (χ4n) is 0.860. The fraction of sp³-hybridized carbons (Fsp3) is 1.00. The average Bonchev–Trinajstić information content (AvgIpc) is 2.11. The van der Waals surface area contributed by atoms with Gasteiger partial charge in [-0.15, -0.1) is 0 Å². The summed E-state index contributed by atoms with van der Waals surface area (Å²) in [6.45, 7) is -0.00975. The van der Waals surface area contributed by atoms with E-state index < -0.39 is 17.4 Å². The molecule has 1 aliphatic rings. The van der Waals surface area contributed by atoms with Gasteiger partial charge in [-0.25, -0.2) is 0 Å². The molecule has 2 atom stereocenters. The smallest absolute Gasteiger partial charge is 0.409 e. The topological polar surface area (TPSA) is 39.5 Å². The minimum atomic E-state index is -4.27. The Labute approximate surface area is 71.9 Å². The Morgan fingerprint density at radius 1 is 1.45 bits per heavy atom. The van der Waals surface area contributed by atoms with Gasteiger partial charge in [0.2, 0.25) is 0 Å². The molecule has 0 saturated carbocycles. The molecule has 0 spiro atoms. The number of alkyl halides is 3. The van der Waals surface area contributed by atoms with E-state index in [1.54, 1.807) is 0 Å². The third-order valence-corrected chi connectivity index (χ3v) is 1.39. The molecular formula is C4H7BrF3N2O-. The fourth-order valence-corrected chi connectivity index (χ4v) is 0.860. The van der Waals surface area contributed by atoms with Gasteiger partial charge in [-0.1, -0.05) is 0 Å². The highest BCUT2D eigenvalue weighted by atomic mass is 79.9. The van der Waals surface area contributed by atoms with E-state index in [1.165, 1.54) is 0 Å². The predicted octanol–water partition coefficient (Wildman–Crippen LogP) is -3.79. The van der Waals surface area contributed by atoms with Crippen molar-refractivity contribution >= 4 is 0 Å². The van der Waals surface area contributed by atoms with Crippen LogP contribution in [0.5, 0.6) is 0 Å². The molecule has 2 N–H and O–H groups in total. The first-order valence-corrected chi connectivity index (χ1v) is 2.86. The summed E-state index contributed by atoms with van der Waals surface area (Å²) in [6, 6.07) is -1.61. The number of hydrogen-bond acceptors (Lipinski definition) is 2. The van der Waals surface area contributed by atoms with Gasteiger partial charge in [-0.05, 0) is 0 Å². The van der Waals surface area contributed by atoms with Crippen LogP contribution in [0.2, 0.25) is 0 Å². The van der Waals surface area contributed by atoms with Crippen molar-refractivity contribution in [3.63, 3.8) is 0 Å². The predicted molar refractivity (Wildman–Crippen MR) is 26.8 cm³/mol. The van der Waals surface area contributed by atoms with Gasteiger partial charge in [0.25, 0.3) is 0 Å². The summed E-state index contributed by atoms with van der Waals surface area (Å²) in [6.07, 6.45) is -4.39. The Morgan fingerprint density at radius 3 is 2.18 bits per heavy atom. The number of halogens is 4. The molecule has 3 nitrogen and oxygen atoms in total. The molecule has 0 amide bonds. The van der Waals surface area contributed by atoms with Gasteiger partial charge < -0.3 is 22.2 Å². The lowest BCUT2D eigenvalue weighted by Crippen LogP contribution is -3.12. The molecule has 0 aromatic rings. The molecule has 68 valence electrons. The Bertz CT molecular complexity index is 131. The quantitative estimate of drug-likeness (QED) is 0.424. The summed E-state index contributed by atoms with van der Waals surface area (Å²) in [5.74, 6) is 0. The van der Waals surface area contributed by atoms with Gasteiger partial charge in [0.15, 0.2) is 6.04 Å². The normalized spacial score (nSPS) is 31.6. The van der Waals surface area contributed by atoms with Crippen LogP contribution >= 0.6 is 0 Å². The van der Waals surface area contributed by atoms with E-state index in [4.69, 9.17) is 0 Å². The highest BCUT2D eigenvalue weighted by molar-refractivity contribution is 4.73. The number of nitrogens with one attached hydrogen (secondary N) is 2. The van der Waals surface area contributed by atoms with Crippen molar-refractivity contribution in [3.8, 4) is 0 Å². The molecule has 11 heavy (non-hydrogen) atoms. The van der Waals surface area contributed by atoms with E-state index in [0.29, 0.717) is 0 Å². The van der Waals surface area contributed by atoms with E-state index in [0.717, 1.165) is 0 Å². The number of quaternary nitrogens is 1. The van der Waals surface area contributed by atoms with Gasteiger partial charge >= 0.3 is 6.18 Å². The monoisotopic (exact) mass is 235 g/mol. The molecule has 1 heterocycles. The lowest BCUT2D eigenvalue weighted by molar-refractivity contribution is -0.884. The van der Waals surface area contributed by atoms with Crippen LogP contribution in [0, 0.1) is 5.21 Å². The molecule has 1 saturated heterocycles. The van der Waals surface area contributed by atoms with E-state index in [1.807, 2.05) is 5.43 Å². The lowest BCUT2D eigenvalue weighted by atomic mass is 10.2. The van der Waals surface area contributed by atoms with E-state index in [9.17, 15) is 18.4 Å². The van der Waals surface area contributed by atoms with Crippen molar-refractivity contribution < 1.29 is 35.3 Å². The van der Waals surface area contributed by atoms with E-state index in [2.05, 4.69) is 0 Å². The molecule has 0 aromatic heterocycles. The van der Waals surface area contributed by atoms with Gasteiger partial charge in [0.1, 0.15) is 0 Å². The third kappa shape index (κ3) is 2.94. The highest BCUT2D eigenvalue weighted by Gasteiger charge is 2.44. The molecule has 0 bridgehead atoms. The maximum absolute atomic E-state index is 11.7. The third-order valence-electron chi connectivity index (χ3n) is 1.39. The zero-order chi connectivity index (χ0) is 7.78. The standard InChI is InChI=1S/C4H7F3N2O.BrH/c5-4(6,7)3-1-2-9(10)8-3;/h3,8-9H,1-2H2;1H/p-1. The second-order valence-corrected chi connectivity index (χ2v) is 2.20. The summed E-state index contributed by atoms with van der Waals surface area (Å²) >= 11 is 0. The number of hydrogen-bond donors (Lipinski definition) is 2. The summed E-state index contributed by atoms with van der Waals surface area (Å²) in [4.78, 5) is 0. The van der Waals surface area contributed by atoms with Crippen LogP contribution < -0.4 is 27.6 Å². The largest absolute Gasteiger partial charge is 1.00 e. The van der Waals surface area contributed by atoms with E-state index in [-0.39, 0.29) is 29.9 Å². The molecule has 0 aromatic carbocycles. The van der Waals surface area contributed by atoms with E-state index >= 15 is 0 Å².